The van der Waals surface area contributed by atoms with Crippen molar-refractivity contribution >= 4 is 16.1 Å². The van der Waals surface area contributed by atoms with E-state index in [-0.39, 0.29) is 12.6 Å². The lowest BCUT2D eigenvalue weighted by Crippen LogP contribution is -2.52. The van der Waals surface area contributed by atoms with Gasteiger partial charge in [0.2, 0.25) is 5.91 Å². The zero-order valence-corrected chi connectivity index (χ0v) is 12.4. The zero-order chi connectivity index (χ0) is 14.6. The quantitative estimate of drug-likeness (QED) is 0.661. The molecule has 0 radical (unpaired) electrons. The summed E-state index contributed by atoms with van der Waals surface area (Å²) in [5, 5.41) is 0. The molecule has 0 aromatic rings. The molecule has 7 nitrogen and oxygen atoms in total. The molecule has 0 aromatic heterocycles. The van der Waals surface area contributed by atoms with Crippen LogP contribution < -0.4 is 11.5 Å². The van der Waals surface area contributed by atoms with Crippen molar-refractivity contribution in [1.82, 2.24) is 8.61 Å². The van der Waals surface area contributed by atoms with Crippen molar-refractivity contribution in [2.75, 3.05) is 26.7 Å². The van der Waals surface area contributed by atoms with Crippen LogP contribution in [0.1, 0.15) is 26.2 Å². The first-order valence-electron chi connectivity index (χ1n) is 6.53. The molecule has 112 valence electrons. The summed E-state index contributed by atoms with van der Waals surface area (Å²) in [6, 6.07) is -0.110. The fourth-order valence-corrected chi connectivity index (χ4v) is 3.88. The maximum absolute atomic E-state index is 12.4. The number of hydrogen-bond donors (Lipinski definition) is 2. The number of piperidine rings is 1. The molecule has 2 atom stereocenters. The van der Waals surface area contributed by atoms with Gasteiger partial charge in [0.25, 0.3) is 10.2 Å². The molecule has 1 aliphatic heterocycles. The molecule has 1 aliphatic rings. The SMILES string of the molecule is CC1CCC(C(N)=O)CN1S(=O)(=O)N(C)CCCN. The van der Waals surface area contributed by atoms with Gasteiger partial charge in [0.05, 0.1) is 5.92 Å². The van der Waals surface area contributed by atoms with Gasteiger partial charge in [0, 0.05) is 26.2 Å². The lowest BCUT2D eigenvalue weighted by atomic mass is 9.95. The number of primary amides is 1. The molecule has 8 heteroatoms. The minimum Gasteiger partial charge on any atom is -0.369 e. The molecule has 0 aliphatic carbocycles. The molecule has 0 spiro atoms. The summed E-state index contributed by atoms with van der Waals surface area (Å²) in [6.07, 6.45) is 1.91. The van der Waals surface area contributed by atoms with Crippen LogP contribution in [0.5, 0.6) is 0 Å². The van der Waals surface area contributed by atoms with Crippen molar-refractivity contribution in [3.63, 3.8) is 0 Å². The predicted octanol–water partition coefficient (Wildman–Crippen LogP) is -0.902. The van der Waals surface area contributed by atoms with Crippen LogP contribution >= 0.6 is 0 Å². The van der Waals surface area contributed by atoms with Crippen molar-refractivity contribution in [2.24, 2.45) is 17.4 Å². The number of amides is 1. The van der Waals surface area contributed by atoms with Crippen LogP contribution in [0.15, 0.2) is 0 Å². The normalized spacial score (nSPS) is 25.7. The molecule has 4 N–H and O–H groups in total. The van der Waals surface area contributed by atoms with E-state index in [2.05, 4.69) is 0 Å². The van der Waals surface area contributed by atoms with Gasteiger partial charge in [-0.05, 0) is 32.7 Å². The molecular formula is C11H24N4O3S. The van der Waals surface area contributed by atoms with Crippen LogP contribution in [-0.4, -0.2) is 55.7 Å². The van der Waals surface area contributed by atoms with Gasteiger partial charge in [-0.2, -0.15) is 17.0 Å². The van der Waals surface area contributed by atoms with Gasteiger partial charge in [-0.3, -0.25) is 4.79 Å². The summed E-state index contributed by atoms with van der Waals surface area (Å²) >= 11 is 0. The number of nitrogens with two attached hydrogens (primary N) is 2. The average molecular weight is 292 g/mol. The molecule has 1 amide bonds. The molecule has 1 saturated heterocycles. The number of rotatable bonds is 6. The Balaban J connectivity index is 2.82. The van der Waals surface area contributed by atoms with E-state index in [1.54, 1.807) is 0 Å². The number of carbonyl (C=O) groups is 1. The summed E-state index contributed by atoms with van der Waals surface area (Å²) in [7, 11) is -2.01. The highest BCUT2D eigenvalue weighted by molar-refractivity contribution is 7.86. The fraction of sp³-hybridized carbons (Fsp3) is 0.909. The number of hydrogen-bond acceptors (Lipinski definition) is 4. The standard InChI is InChI=1S/C11H24N4O3S/c1-9-4-5-10(11(13)16)8-15(9)19(17,18)14(2)7-3-6-12/h9-10H,3-8,12H2,1-2H3,(H2,13,16). The van der Waals surface area contributed by atoms with Crippen LogP contribution in [0.4, 0.5) is 0 Å². The average Bonchev–Trinajstić information content (AvgIpc) is 2.35. The zero-order valence-electron chi connectivity index (χ0n) is 11.6. The molecule has 0 saturated carbocycles. The molecule has 0 aromatic carbocycles. The number of nitrogens with zero attached hydrogens (tertiary/aromatic N) is 2. The molecule has 0 bridgehead atoms. The summed E-state index contributed by atoms with van der Waals surface area (Å²) in [5.41, 5.74) is 10.7. The Morgan fingerprint density at radius 2 is 2.05 bits per heavy atom. The van der Waals surface area contributed by atoms with Crippen molar-refractivity contribution in [3.8, 4) is 0 Å². The second-order valence-electron chi connectivity index (χ2n) is 5.07. The Hall–Kier alpha value is -0.700. The van der Waals surface area contributed by atoms with Crippen molar-refractivity contribution in [3.05, 3.63) is 0 Å². The smallest absolute Gasteiger partial charge is 0.281 e. The van der Waals surface area contributed by atoms with Crippen molar-refractivity contribution in [1.29, 1.82) is 0 Å². The van der Waals surface area contributed by atoms with E-state index in [0.29, 0.717) is 32.4 Å². The third-order valence-electron chi connectivity index (χ3n) is 3.59. The monoisotopic (exact) mass is 292 g/mol. The summed E-state index contributed by atoms with van der Waals surface area (Å²) in [5.74, 6) is -0.828. The van der Waals surface area contributed by atoms with Crippen LogP contribution in [0, 0.1) is 5.92 Å². The predicted molar refractivity (Wildman–Crippen MR) is 73.3 cm³/mol. The van der Waals surface area contributed by atoms with E-state index >= 15 is 0 Å². The molecule has 1 rings (SSSR count). The van der Waals surface area contributed by atoms with Gasteiger partial charge in [-0.25, -0.2) is 0 Å². The highest BCUT2D eigenvalue weighted by Crippen LogP contribution is 2.25. The van der Waals surface area contributed by atoms with Crippen LogP contribution in [0.2, 0.25) is 0 Å². The second-order valence-corrected chi connectivity index (χ2v) is 7.05. The third kappa shape index (κ3) is 3.88. The van der Waals surface area contributed by atoms with E-state index in [9.17, 15) is 13.2 Å². The van der Waals surface area contributed by atoms with E-state index in [0.717, 1.165) is 0 Å². The number of carbonyl (C=O) groups excluding carboxylic acids is 1. The molecular weight excluding hydrogens is 268 g/mol. The van der Waals surface area contributed by atoms with Gasteiger partial charge < -0.3 is 11.5 Å². The highest BCUT2D eigenvalue weighted by Gasteiger charge is 2.37. The van der Waals surface area contributed by atoms with Gasteiger partial charge in [-0.1, -0.05) is 0 Å². The Bertz CT molecular complexity index is 412. The third-order valence-corrected chi connectivity index (χ3v) is 5.67. The van der Waals surface area contributed by atoms with Crippen LogP contribution in [-0.2, 0) is 15.0 Å². The Kier molecular flexibility index (Phi) is 5.72. The highest BCUT2D eigenvalue weighted by atomic mass is 32.2. The van der Waals surface area contributed by atoms with Gasteiger partial charge in [0.1, 0.15) is 0 Å². The Morgan fingerprint density at radius 3 is 2.58 bits per heavy atom. The van der Waals surface area contributed by atoms with Crippen LogP contribution in [0.25, 0.3) is 0 Å². The lowest BCUT2D eigenvalue weighted by Gasteiger charge is -2.37. The maximum atomic E-state index is 12.4. The topological polar surface area (TPSA) is 110 Å². The van der Waals surface area contributed by atoms with Crippen molar-refractivity contribution in [2.45, 2.75) is 32.2 Å². The molecule has 1 fully saturated rings. The van der Waals surface area contributed by atoms with Crippen LogP contribution in [0.3, 0.4) is 0 Å². The van der Waals surface area contributed by atoms with E-state index in [4.69, 9.17) is 11.5 Å². The largest absolute Gasteiger partial charge is 0.369 e. The maximum Gasteiger partial charge on any atom is 0.281 e. The molecule has 2 unspecified atom stereocenters. The first-order valence-corrected chi connectivity index (χ1v) is 7.93. The first-order chi connectivity index (χ1) is 8.80. The molecule has 1 heterocycles. The summed E-state index contributed by atoms with van der Waals surface area (Å²) in [4.78, 5) is 11.2. The fourth-order valence-electron chi connectivity index (χ4n) is 2.24. The van der Waals surface area contributed by atoms with E-state index in [1.165, 1.54) is 15.7 Å². The van der Waals surface area contributed by atoms with Gasteiger partial charge >= 0.3 is 0 Å². The summed E-state index contributed by atoms with van der Waals surface area (Å²) in [6.45, 7) is 2.85. The van der Waals surface area contributed by atoms with Gasteiger partial charge in [-0.15, -0.1) is 0 Å². The van der Waals surface area contributed by atoms with Gasteiger partial charge in [0.15, 0.2) is 0 Å². The Labute approximate surface area is 115 Å². The summed E-state index contributed by atoms with van der Waals surface area (Å²) < 4.78 is 27.5. The Morgan fingerprint density at radius 1 is 1.42 bits per heavy atom. The lowest BCUT2D eigenvalue weighted by molar-refractivity contribution is -0.123. The molecule has 19 heavy (non-hydrogen) atoms. The minimum absolute atomic E-state index is 0.110. The van der Waals surface area contributed by atoms with E-state index in [1.807, 2.05) is 6.92 Å². The second kappa shape index (κ2) is 6.65. The first kappa shape index (κ1) is 16.4. The minimum atomic E-state index is -3.55. The van der Waals surface area contributed by atoms with Crippen molar-refractivity contribution < 1.29 is 13.2 Å². The van der Waals surface area contributed by atoms with E-state index < -0.39 is 22.0 Å².